The number of hydrogen-bond donors (Lipinski definition) is 2. The van der Waals surface area contributed by atoms with Crippen LogP contribution in [0.1, 0.15) is 24.2 Å². The van der Waals surface area contributed by atoms with Crippen LogP contribution in [0.3, 0.4) is 0 Å². The Bertz CT molecular complexity index is 593. The highest BCUT2D eigenvalue weighted by Crippen LogP contribution is 2.21. The number of carbonyl (C=O) groups is 2. The van der Waals surface area contributed by atoms with Crippen molar-refractivity contribution in [2.75, 3.05) is 11.4 Å². The third-order valence-electron chi connectivity index (χ3n) is 2.98. The fraction of sp³-hybridized carbons (Fsp3) is 0.333. The number of pyridine rings is 1. The van der Waals surface area contributed by atoms with Crippen molar-refractivity contribution in [1.29, 1.82) is 0 Å². The van der Waals surface area contributed by atoms with Gasteiger partial charge in [0, 0.05) is 6.20 Å². The lowest BCUT2D eigenvalue weighted by Crippen LogP contribution is -2.45. The van der Waals surface area contributed by atoms with Crippen molar-refractivity contribution in [3.05, 3.63) is 36.5 Å². The van der Waals surface area contributed by atoms with E-state index in [1.165, 1.54) is 32.2 Å². The number of nitrogens with zero attached hydrogens (tertiary/aromatic N) is 3. The predicted octanol–water partition coefficient (Wildman–Crippen LogP) is -0.171. The summed E-state index contributed by atoms with van der Waals surface area (Å²) in [7, 11) is 0. The van der Waals surface area contributed by atoms with Crippen LogP contribution in [-0.2, 0) is 9.59 Å². The molecule has 0 aliphatic heterocycles. The maximum Gasteiger partial charge on any atom is 0.261 e. The maximum atomic E-state index is 12.6. The molecule has 0 fully saturated rings. The molecule has 0 aliphatic carbocycles. The third-order valence-corrected chi connectivity index (χ3v) is 2.98. The quantitative estimate of drug-likeness (QED) is 0.533. The van der Waals surface area contributed by atoms with Crippen molar-refractivity contribution in [2.45, 2.75) is 26.3 Å². The summed E-state index contributed by atoms with van der Waals surface area (Å²) in [5.41, 5.74) is -0.0558. The summed E-state index contributed by atoms with van der Waals surface area (Å²) >= 11 is 0. The summed E-state index contributed by atoms with van der Waals surface area (Å²) in [5, 5.41) is 19.3. The third kappa shape index (κ3) is 4.21. The van der Waals surface area contributed by atoms with Crippen molar-refractivity contribution in [1.82, 2.24) is 9.88 Å². The molecule has 1 rings (SSSR count). The molecule has 1 aromatic rings. The summed E-state index contributed by atoms with van der Waals surface area (Å²) in [6.45, 7) is 5.52. The molecule has 0 bridgehead atoms. The van der Waals surface area contributed by atoms with E-state index in [2.05, 4.69) is 11.6 Å². The summed E-state index contributed by atoms with van der Waals surface area (Å²) in [6, 6.07) is 2.83. The second kappa shape index (κ2) is 8.16. The van der Waals surface area contributed by atoms with Gasteiger partial charge in [-0.15, -0.1) is 0 Å². The summed E-state index contributed by atoms with van der Waals surface area (Å²) in [6.07, 6.45) is 1.35. The minimum absolute atomic E-state index is 0.0558. The number of aliphatic hydroxyl groups excluding tert-OH is 2. The van der Waals surface area contributed by atoms with E-state index in [-0.39, 0.29) is 11.4 Å². The van der Waals surface area contributed by atoms with E-state index >= 15 is 0 Å². The Morgan fingerprint density at radius 1 is 1.39 bits per heavy atom. The SMILES string of the molecule is C=CC(=O)N(C[C]=O)c1ncccc1C(=O)N(C(C)O)C(C)O. The van der Waals surface area contributed by atoms with Crippen LogP contribution in [0.4, 0.5) is 5.82 Å². The molecule has 8 nitrogen and oxygen atoms in total. The van der Waals surface area contributed by atoms with E-state index in [0.29, 0.717) is 0 Å². The van der Waals surface area contributed by atoms with Gasteiger partial charge in [-0.25, -0.2) is 4.98 Å². The Morgan fingerprint density at radius 3 is 2.48 bits per heavy atom. The van der Waals surface area contributed by atoms with Gasteiger partial charge in [0.25, 0.3) is 11.8 Å². The molecule has 1 heterocycles. The first-order chi connectivity index (χ1) is 10.8. The molecular weight excluding hydrogens is 302 g/mol. The average molecular weight is 320 g/mol. The Kier molecular flexibility index (Phi) is 6.55. The van der Waals surface area contributed by atoms with Crippen LogP contribution < -0.4 is 4.90 Å². The topological polar surface area (TPSA) is 111 Å². The van der Waals surface area contributed by atoms with Crippen LogP contribution >= 0.6 is 0 Å². The fourth-order valence-electron chi connectivity index (χ4n) is 2.00. The van der Waals surface area contributed by atoms with Gasteiger partial charge in [0.1, 0.15) is 18.3 Å². The van der Waals surface area contributed by atoms with Gasteiger partial charge in [-0.1, -0.05) is 6.58 Å². The molecule has 0 aliphatic rings. The molecule has 123 valence electrons. The molecular formula is C15H18N3O5. The lowest BCUT2D eigenvalue weighted by atomic mass is 10.2. The lowest BCUT2D eigenvalue weighted by Gasteiger charge is -2.29. The Balaban J connectivity index is 3.38. The molecule has 2 amide bonds. The zero-order valence-electron chi connectivity index (χ0n) is 12.8. The van der Waals surface area contributed by atoms with E-state index in [4.69, 9.17) is 0 Å². The van der Waals surface area contributed by atoms with Crippen LogP contribution in [-0.4, -0.2) is 57.2 Å². The Hall–Kier alpha value is -2.58. The summed E-state index contributed by atoms with van der Waals surface area (Å²) in [5.74, 6) is -1.47. The zero-order chi connectivity index (χ0) is 17.6. The summed E-state index contributed by atoms with van der Waals surface area (Å²) < 4.78 is 0. The van der Waals surface area contributed by atoms with Crippen LogP contribution in [0.5, 0.6) is 0 Å². The molecule has 2 N–H and O–H groups in total. The Labute approximate surface area is 133 Å². The first-order valence-corrected chi connectivity index (χ1v) is 6.77. The monoisotopic (exact) mass is 320 g/mol. The maximum absolute atomic E-state index is 12.6. The van der Waals surface area contributed by atoms with E-state index in [9.17, 15) is 24.6 Å². The molecule has 8 heteroatoms. The van der Waals surface area contributed by atoms with Gasteiger partial charge in [-0.05, 0) is 32.1 Å². The fourth-order valence-corrected chi connectivity index (χ4v) is 2.00. The van der Waals surface area contributed by atoms with Crippen molar-refractivity contribution in [3.63, 3.8) is 0 Å². The van der Waals surface area contributed by atoms with Gasteiger partial charge in [-0.3, -0.25) is 24.2 Å². The highest BCUT2D eigenvalue weighted by molar-refractivity contribution is 6.07. The standard InChI is InChI=1S/C15H18N3O5/c1-4-13(22)17(8-9-19)14-12(6-5-7-16-14)15(23)18(10(2)20)11(3)21/h4-7,10-11,20-21H,1,8H2,2-3H3. The van der Waals surface area contributed by atoms with Crippen molar-refractivity contribution in [2.24, 2.45) is 0 Å². The molecule has 0 spiro atoms. The van der Waals surface area contributed by atoms with Crippen molar-refractivity contribution < 1.29 is 24.6 Å². The van der Waals surface area contributed by atoms with Gasteiger partial charge in [0.15, 0.2) is 0 Å². The first kappa shape index (κ1) is 18.5. The minimum Gasteiger partial charge on any atom is -0.374 e. The molecule has 0 aromatic carbocycles. The number of aromatic nitrogens is 1. The van der Waals surface area contributed by atoms with Crippen LogP contribution in [0.15, 0.2) is 31.0 Å². The number of aliphatic hydroxyl groups is 2. The average Bonchev–Trinajstić information content (AvgIpc) is 2.51. The Morgan fingerprint density at radius 2 is 2.00 bits per heavy atom. The van der Waals surface area contributed by atoms with Gasteiger partial charge in [0.05, 0.1) is 12.1 Å². The highest BCUT2D eigenvalue weighted by Gasteiger charge is 2.29. The molecule has 1 radical (unpaired) electrons. The second-order valence-corrected chi connectivity index (χ2v) is 4.62. The van der Waals surface area contributed by atoms with Crippen LogP contribution in [0.2, 0.25) is 0 Å². The normalized spacial score (nSPS) is 12.9. The number of carbonyl (C=O) groups excluding carboxylic acids is 3. The summed E-state index contributed by atoms with van der Waals surface area (Å²) in [4.78, 5) is 40.8. The largest absolute Gasteiger partial charge is 0.374 e. The molecule has 2 atom stereocenters. The number of rotatable bonds is 7. The number of anilines is 1. The van der Waals surface area contributed by atoms with Gasteiger partial charge in [0.2, 0.25) is 6.29 Å². The molecule has 1 aromatic heterocycles. The van der Waals surface area contributed by atoms with Crippen molar-refractivity contribution in [3.8, 4) is 0 Å². The molecule has 23 heavy (non-hydrogen) atoms. The lowest BCUT2D eigenvalue weighted by molar-refractivity contribution is -0.114. The number of amides is 2. The van der Waals surface area contributed by atoms with E-state index in [1.54, 1.807) is 6.29 Å². The van der Waals surface area contributed by atoms with E-state index in [1.807, 2.05) is 0 Å². The van der Waals surface area contributed by atoms with Gasteiger partial charge >= 0.3 is 0 Å². The van der Waals surface area contributed by atoms with Crippen molar-refractivity contribution >= 4 is 23.9 Å². The molecule has 0 saturated carbocycles. The van der Waals surface area contributed by atoms with Gasteiger partial charge in [-0.2, -0.15) is 0 Å². The van der Waals surface area contributed by atoms with Crippen LogP contribution in [0.25, 0.3) is 0 Å². The predicted molar refractivity (Wildman–Crippen MR) is 82.0 cm³/mol. The number of hydrogen-bond acceptors (Lipinski definition) is 6. The highest BCUT2D eigenvalue weighted by atomic mass is 16.3. The molecule has 0 saturated heterocycles. The minimum atomic E-state index is -1.27. The van der Waals surface area contributed by atoms with E-state index < -0.39 is 30.8 Å². The second-order valence-electron chi connectivity index (χ2n) is 4.62. The zero-order valence-corrected chi connectivity index (χ0v) is 12.8. The molecule has 2 unspecified atom stereocenters. The van der Waals surface area contributed by atoms with Gasteiger partial charge < -0.3 is 10.2 Å². The first-order valence-electron chi connectivity index (χ1n) is 6.77. The van der Waals surface area contributed by atoms with E-state index in [0.717, 1.165) is 15.9 Å². The van der Waals surface area contributed by atoms with Crippen LogP contribution in [0, 0.1) is 0 Å². The smallest absolute Gasteiger partial charge is 0.261 e.